The lowest BCUT2D eigenvalue weighted by molar-refractivity contribution is 0.731. The van der Waals surface area contributed by atoms with E-state index < -0.39 is 5.41 Å². The molecule has 0 spiro atoms. The molecule has 9 aromatic carbocycles. The summed E-state index contributed by atoms with van der Waals surface area (Å²) in [5.74, 6) is 0. The molecule has 0 aliphatic carbocycles. The van der Waals surface area contributed by atoms with Crippen LogP contribution in [0.25, 0.3) is 53.6 Å². The standard InChI is InChI=1S/C55H37NS/c1-4-16-38(17-5-1)43-30-32-52-50(37-43)55(44-21-6-2-7-22-44,45-23-8-3-9-24-45)49-27-11-12-28-51(49)56(52)46-25-15-20-41(35-46)39-18-14-19-40(34-39)42-31-33-54-48(36-42)47-26-10-13-29-53(47)57-54/h1-37H. The SMILES string of the molecule is c1ccc(-c2ccc3c(c2)C(c2ccccc2)(c2ccccc2)c2ccccc2N3c2cccc(-c3cccc(-c4ccc5sc6ccccc6c5c4)c3)c2)cc1. The largest absolute Gasteiger partial charge is 0.310 e. The predicted molar refractivity (Wildman–Crippen MR) is 242 cm³/mol. The molecular weight excluding hydrogens is 707 g/mol. The molecule has 268 valence electrons. The van der Waals surface area contributed by atoms with Gasteiger partial charge in [-0.25, -0.2) is 0 Å². The molecule has 10 aromatic rings. The number of rotatable bonds is 6. The van der Waals surface area contributed by atoms with E-state index in [9.17, 15) is 0 Å². The van der Waals surface area contributed by atoms with Gasteiger partial charge >= 0.3 is 0 Å². The second kappa shape index (κ2) is 13.6. The Labute approximate surface area is 337 Å². The molecule has 11 rings (SSSR count). The Balaban J connectivity index is 1.10. The summed E-state index contributed by atoms with van der Waals surface area (Å²) in [6.07, 6.45) is 0. The highest BCUT2D eigenvalue weighted by atomic mass is 32.1. The first-order chi connectivity index (χ1) is 28.3. The fraction of sp³-hybridized carbons (Fsp3) is 0.0182. The van der Waals surface area contributed by atoms with Crippen LogP contribution in [0.4, 0.5) is 17.1 Å². The minimum atomic E-state index is -0.559. The molecule has 0 fully saturated rings. The van der Waals surface area contributed by atoms with Crippen molar-refractivity contribution in [2.75, 3.05) is 4.90 Å². The zero-order valence-electron chi connectivity index (χ0n) is 31.2. The molecule has 0 amide bonds. The van der Waals surface area contributed by atoms with Crippen LogP contribution in [0.5, 0.6) is 0 Å². The monoisotopic (exact) mass is 743 g/mol. The molecule has 0 saturated heterocycles. The second-order valence-electron chi connectivity index (χ2n) is 14.9. The molecule has 57 heavy (non-hydrogen) atoms. The number of benzene rings is 9. The van der Waals surface area contributed by atoms with Crippen molar-refractivity contribution in [1.82, 2.24) is 0 Å². The molecule has 0 saturated carbocycles. The maximum atomic E-state index is 2.48. The van der Waals surface area contributed by atoms with Crippen molar-refractivity contribution in [1.29, 1.82) is 0 Å². The van der Waals surface area contributed by atoms with Crippen molar-refractivity contribution >= 4 is 48.6 Å². The fourth-order valence-electron chi connectivity index (χ4n) is 9.15. The molecule has 0 radical (unpaired) electrons. The predicted octanol–water partition coefficient (Wildman–Crippen LogP) is 15.2. The lowest BCUT2D eigenvalue weighted by Gasteiger charge is -2.46. The molecule has 0 N–H and O–H groups in total. The lowest BCUT2D eigenvalue weighted by Crippen LogP contribution is -2.37. The normalized spacial score (nSPS) is 13.0. The molecule has 1 nitrogen and oxygen atoms in total. The van der Waals surface area contributed by atoms with Crippen LogP contribution in [0.1, 0.15) is 22.3 Å². The number of anilines is 3. The van der Waals surface area contributed by atoms with Crippen LogP contribution in [0.2, 0.25) is 0 Å². The van der Waals surface area contributed by atoms with Gasteiger partial charge in [0.2, 0.25) is 0 Å². The summed E-state index contributed by atoms with van der Waals surface area (Å²) in [6, 6.07) is 82.7. The van der Waals surface area contributed by atoms with Crippen molar-refractivity contribution in [2.24, 2.45) is 0 Å². The molecule has 0 bridgehead atoms. The van der Waals surface area contributed by atoms with Gasteiger partial charge in [0.25, 0.3) is 0 Å². The first kappa shape index (κ1) is 33.3. The summed E-state index contributed by atoms with van der Waals surface area (Å²) in [5, 5.41) is 2.64. The van der Waals surface area contributed by atoms with Crippen molar-refractivity contribution in [3.8, 4) is 33.4 Å². The molecule has 2 heteroatoms. The highest BCUT2D eigenvalue weighted by Crippen LogP contribution is 2.58. The lowest BCUT2D eigenvalue weighted by atomic mass is 9.62. The smallest absolute Gasteiger partial charge is 0.0742 e. The van der Waals surface area contributed by atoms with E-state index in [2.05, 4.69) is 229 Å². The maximum Gasteiger partial charge on any atom is 0.0742 e. The Hall–Kier alpha value is -7.00. The number of thiophene rings is 1. The summed E-state index contributed by atoms with van der Waals surface area (Å²) in [6.45, 7) is 0. The highest BCUT2D eigenvalue weighted by molar-refractivity contribution is 7.25. The summed E-state index contributed by atoms with van der Waals surface area (Å²) < 4.78 is 2.66. The number of hydrogen-bond donors (Lipinski definition) is 0. The first-order valence-electron chi connectivity index (χ1n) is 19.6. The number of hydrogen-bond acceptors (Lipinski definition) is 2. The van der Waals surface area contributed by atoms with Crippen LogP contribution in [-0.4, -0.2) is 0 Å². The third kappa shape index (κ3) is 5.44. The summed E-state index contributed by atoms with van der Waals surface area (Å²) in [7, 11) is 0. The zero-order chi connectivity index (χ0) is 37.8. The van der Waals surface area contributed by atoms with Crippen LogP contribution in [0.3, 0.4) is 0 Å². The zero-order valence-corrected chi connectivity index (χ0v) is 32.0. The van der Waals surface area contributed by atoms with Gasteiger partial charge < -0.3 is 4.90 Å². The van der Waals surface area contributed by atoms with Crippen molar-refractivity contribution in [2.45, 2.75) is 5.41 Å². The molecule has 0 atom stereocenters. The average molecular weight is 744 g/mol. The molecule has 2 heterocycles. The van der Waals surface area contributed by atoms with E-state index in [0.717, 1.165) is 5.69 Å². The van der Waals surface area contributed by atoms with Gasteiger partial charge in [0.05, 0.1) is 16.8 Å². The first-order valence-corrected chi connectivity index (χ1v) is 20.4. The maximum absolute atomic E-state index is 2.48. The Kier molecular flexibility index (Phi) is 7.98. The highest BCUT2D eigenvalue weighted by Gasteiger charge is 2.46. The minimum Gasteiger partial charge on any atom is -0.310 e. The van der Waals surface area contributed by atoms with Gasteiger partial charge in [0.1, 0.15) is 0 Å². The van der Waals surface area contributed by atoms with E-state index >= 15 is 0 Å². The summed E-state index contributed by atoms with van der Waals surface area (Å²) >= 11 is 1.86. The third-order valence-corrected chi connectivity index (χ3v) is 12.9. The van der Waals surface area contributed by atoms with E-state index in [-0.39, 0.29) is 0 Å². The van der Waals surface area contributed by atoms with Crippen LogP contribution in [0, 0.1) is 0 Å². The van der Waals surface area contributed by atoms with E-state index in [1.807, 2.05) is 11.3 Å². The van der Waals surface area contributed by atoms with Crippen LogP contribution >= 0.6 is 11.3 Å². The van der Waals surface area contributed by atoms with Crippen LogP contribution in [-0.2, 0) is 5.41 Å². The molecule has 1 aliphatic heterocycles. The van der Waals surface area contributed by atoms with Gasteiger partial charge in [-0.2, -0.15) is 0 Å². The quantitative estimate of drug-likeness (QED) is 0.164. The van der Waals surface area contributed by atoms with E-state index in [4.69, 9.17) is 0 Å². The number of para-hydroxylation sites is 1. The number of nitrogens with zero attached hydrogens (tertiary/aromatic N) is 1. The minimum absolute atomic E-state index is 0.559. The van der Waals surface area contributed by atoms with E-state index in [0.29, 0.717) is 0 Å². The number of fused-ring (bicyclic) bond motifs is 5. The molecular formula is C55H37NS. The summed E-state index contributed by atoms with van der Waals surface area (Å²) in [5.41, 5.74) is 15.1. The molecule has 1 aromatic heterocycles. The van der Waals surface area contributed by atoms with Gasteiger partial charge in [0.15, 0.2) is 0 Å². The Bertz CT molecular complexity index is 3030. The van der Waals surface area contributed by atoms with Crippen LogP contribution in [0.15, 0.2) is 224 Å². The van der Waals surface area contributed by atoms with Gasteiger partial charge in [-0.15, -0.1) is 11.3 Å². The Morgan fingerprint density at radius 1 is 0.316 bits per heavy atom. The second-order valence-corrected chi connectivity index (χ2v) is 16.0. The molecule has 1 aliphatic rings. The van der Waals surface area contributed by atoms with Gasteiger partial charge in [-0.05, 0) is 110 Å². The topological polar surface area (TPSA) is 3.24 Å². The molecule has 0 unspecified atom stereocenters. The summed E-state index contributed by atoms with van der Waals surface area (Å²) in [4.78, 5) is 2.48. The van der Waals surface area contributed by atoms with E-state index in [1.165, 1.54) is 87.2 Å². The van der Waals surface area contributed by atoms with Crippen molar-refractivity contribution in [3.63, 3.8) is 0 Å². The van der Waals surface area contributed by atoms with Crippen molar-refractivity contribution < 1.29 is 0 Å². The Morgan fingerprint density at radius 3 is 1.60 bits per heavy atom. The van der Waals surface area contributed by atoms with Gasteiger partial charge in [-0.3, -0.25) is 0 Å². The van der Waals surface area contributed by atoms with Gasteiger partial charge in [-0.1, -0.05) is 170 Å². The van der Waals surface area contributed by atoms with Crippen LogP contribution < -0.4 is 4.90 Å². The van der Waals surface area contributed by atoms with E-state index in [1.54, 1.807) is 0 Å². The Morgan fingerprint density at radius 2 is 0.842 bits per heavy atom. The fourth-order valence-corrected chi connectivity index (χ4v) is 10.2. The van der Waals surface area contributed by atoms with Crippen molar-refractivity contribution in [3.05, 3.63) is 247 Å². The van der Waals surface area contributed by atoms with Gasteiger partial charge in [0, 0.05) is 25.9 Å². The average Bonchev–Trinajstić information content (AvgIpc) is 3.67. The third-order valence-electron chi connectivity index (χ3n) is 11.7.